The molecule has 3 rings (SSSR count). The van der Waals surface area contributed by atoms with E-state index >= 15 is 0 Å². The lowest BCUT2D eigenvalue weighted by Crippen LogP contribution is -2.40. The highest BCUT2D eigenvalue weighted by molar-refractivity contribution is 7.92. The number of sulfonamides is 1. The molecular formula is C16H23N3O3S. The topological polar surface area (TPSA) is 83.7 Å². The lowest BCUT2D eigenvalue weighted by atomic mass is 10.00. The molecule has 126 valence electrons. The SMILES string of the molecule is CS(=O)(=O)N1CCCc2cc(C(=O)N3CCCC3CN)ccc21. The lowest BCUT2D eigenvalue weighted by molar-refractivity contribution is 0.0741. The predicted octanol–water partition coefficient (Wildman–Crippen LogP) is 0.962. The number of nitrogens with two attached hydrogens (primary N) is 1. The van der Waals surface area contributed by atoms with Crippen molar-refractivity contribution in [2.45, 2.75) is 31.7 Å². The van der Waals surface area contributed by atoms with Gasteiger partial charge in [-0.1, -0.05) is 0 Å². The second-order valence-corrected chi connectivity index (χ2v) is 8.22. The number of rotatable bonds is 3. The first-order valence-corrected chi connectivity index (χ1v) is 9.88. The van der Waals surface area contributed by atoms with Gasteiger partial charge in [-0.3, -0.25) is 9.10 Å². The third kappa shape index (κ3) is 3.07. The predicted molar refractivity (Wildman–Crippen MR) is 90.1 cm³/mol. The second-order valence-electron chi connectivity index (χ2n) is 6.31. The Bertz CT molecular complexity index is 717. The van der Waals surface area contributed by atoms with E-state index in [4.69, 9.17) is 5.73 Å². The Morgan fingerprint density at radius 2 is 2.09 bits per heavy atom. The van der Waals surface area contributed by atoms with Crippen LogP contribution in [-0.2, 0) is 16.4 Å². The molecule has 7 heteroatoms. The van der Waals surface area contributed by atoms with Crippen molar-refractivity contribution in [1.82, 2.24) is 4.90 Å². The van der Waals surface area contributed by atoms with Gasteiger partial charge in [0, 0.05) is 31.2 Å². The summed E-state index contributed by atoms with van der Waals surface area (Å²) in [5.74, 6) is -0.00257. The number of amides is 1. The summed E-state index contributed by atoms with van der Waals surface area (Å²) in [6.45, 7) is 1.73. The van der Waals surface area contributed by atoms with Gasteiger partial charge in [0.15, 0.2) is 0 Å². The second kappa shape index (κ2) is 6.13. The van der Waals surface area contributed by atoms with Crippen LogP contribution in [0.3, 0.4) is 0 Å². The number of carbonyl (C=O) groups excluding carboxylic acids is 1. The molecule has 0 spiro atoms. The highest BCUT2D eigenvalue weighted by atomic mass is 32.2. The van der Waals surface area contributed by atoms with Gasteiger partial charge >= 0.3 is 0 Å². The fraction of sp³-hybridized carbons (Fsp3) is 0.562. The van der Waals surface area contributed by atoms with Crippen LogP contribution < -0.4 is 10.0 Å². The maximum Gasteiger partial charge on any atom is 0.254 e. The van der Waals surface area contributed by atoms with E-state index in [1.807, 2.05) is 11.0 Å². The molecule has 2 aliphatic heterocycles. The third-order valence-electron chi connectivity index (χ3n) is 4.71. The van der Waals surface area contributed by atoms with Gasteiger partial charge in [-0.25, -0.2) is 8.42 Å². The summed E-state index contributed by atoms with van der Waals surface area (Å²) in [5, 5.41) is 0. The molecule has 0 saturated carbocycles. The summed E-state index contributed by atoms with van der Waals surface area (Å²) in [7, 11) is -3.28. The first-order chi connectivity index (χ1) is 10.9. The molecular weight excluding hydrogens is 314 g/mol. The van der Waals surface area contributed by atoms with E-state index in [-0.39, 0.29) is 11.9 Å². The minimum Gasteiger partial charge on any atom is -0.334 e. The molecule has 1 amide bonds. The van der Waals surface area contributed by atoms with Crippen molar-refractivity contribution in [1.29, 1.82) is 0 Å². The summed E-state index contributed by atoms with van der Waals surface area (Å²) in [4.78, 5) is 14.6. The van der Waals surface area contributed by atoms with Crippen LogP contribution in [0.25, 0.3) is 0 Å². The van der Waals surface area contributed by atoms with Crippen molar-refractivity contribution in [2.75, 3.05) is 30.2 Å². The third-order valence-corrected chi connectivity index (χ3v) is 5.89. The van der Waals surface area contributed by atoms with Crippen LogP contribution in [0, 0.1) is 0 Å². The van der Waals surface area contributed by atoms with Crippen molar-refractivity contribution < 1.29 is 13.2 Å². The minimum atomic E-state index is -3.28. The van der Waals surface area contributed by atoms with Gasteiger partial charge in [-0.05, 0) is 49.4 Å². The normalized spacial score (nSPS) is 21.4. The highest BCUT2D eigenvalue weighted by Crippen LogP contribution is 2.30. The zero-order valence-corrected chi connectivity index (χ0v) is 14.2. The van der Waals surface area contributed by atoms with E-state index in [1.165, 1.54) is 10.6 Å². The fourth-order valence-electron chi connectivity index (χ4n) is 3.55. The van der Waals surface area contributed by atoms with Gasteiger partial charge in [0.05, 0.1) is 11.9 Å². The van der Waals surface area contributed by atoms with Crippen LogP contribution in [0.4, 0.5) is 5.69 Å². The lowest BCUT2D eigenvalue weighted by Gasteiger charge is -2.30. The van der Waals surface area contributed by atoms with Gasteiger partial charge in [-0.2, -0.15) is 0 Å². The summed E-state index contributed by atoms with van der Waals surface area (Å²) < 4.78 is 25.2. The van der Waals surface area contributed by atoms with Crippen molar-refractivity contribution in [2.24, 2.45) is 5.73 Å². The molecule has 0 bridgehead atoms. The number of nitrogens with zero attached hydrogens (tertiary/aromatic N) is 2. The average molecular weight is 337 g/mol. The number of likely N-dealkylation sites (tertiary alicyclic amines) is 1. The van der Waals surface area contributed by atoms with E-state index < -0.39 is 10.0 Å². The van der Waals surface area contributed by atoms with Crippen molar-refractivity contribution in [3.05, 3.63) is 29.3 Å². The molecule has 6 nitrogen and oxygen atoms in total. The Balaban J connectivity index is 1.91. The summed E-state index contributed by atoms with van der Waals surface area (Å²) in [5.41, 5.74) is 8.00. The van der Waals surface area contributed by atoms with E-state index in [0.29, 0.717) is 24.3 Å². The van der Waals surface area contributed by atoms with Gasteiger partial charge in [0.25, 0.3) is 5.91 Å². The van der Waals surface area contributed by atoms with E-state index in [0.717, 1.165) is 37.8 Å². The van der Waals surface area contributed by atoms with Crippen molar-refractivity contribution in [3.63, 3.8) is 0 Å². The molecule has 0 radical (unpaired) electrons. The quantitative estimate of drug-likeness (QED) is 0.890. The molecule has 0 aromatic heterocycles. The molecule has 1 aromatic carbocycles. The molecule has 23 heavy (non-hydrogen) atoms. The molecule has 2 heterocycles. The van der Waals surface area contributed by atoms with Crippen LogP contribution >= 0.6 is 0 Å². The van der Waals surface area contributed by atoms with Gasteiger partial charge in [-0.15, -0.1) is 0 Å². The Hall–Kier alpha value is -1.60. The fourth-order valence-corrected chi connectivity index (χ4v) is 4.55. The summed E-state index contributed by atoms with van der Waals surface area (Å²) in [6, 6.07) is 5.46. The minimum absolute atomic E-state index is 0.00257. The molecule has 2 N–H and O–H groups in total. The van der Waals surface area contributed by atoms with Crippen LogP contribution in [0.2, 0.25) is 0 Å². The van der Waals surface area contributed by atoms with E-state index in [9.17, 15) is 13.2 Å². The monoisotopic (exact) mass is 337 g/mol. The number of hydrogen-bond acceptors (Lipinski definition) is 4. The number of benzene rings is 1. The number of carbonyl (C=O) groups is 1. The van der Waals surface area contributed by atoms with Gasteiger partial charge in [0.2, 0.25) is 10.0 Å². The zero-order valence-electron chi connectivity index (χ0n) is 13.4. The molecule has 0 aliphatic carbocycles. The molecule has 1 fully saturated rings. The number of aryl methyl sites for hydroxylation is 1. The van der Waals surface area contributed by atoms with E-state index in [2.05, 4.69) is 0 Å². The molecule has 1 saturated heterocycles. The maximum absolute atomic E-state index is 12.7. The maximum atomic E-state index is 12.7. The first-order valence-electron chi connectivity index (χ1n) is 8.03. The van der Waals surface area contributed by atoms with Crippen molar-refractivity contribution >= 4 is 21.6 Å². The van der Waals surface area contributed by atoms with E-state index in [1.54, 1.807) is 12.1 Å². The molecule has 2 aliphatic rings. The number of anilines is 1. The Morgan fingerprint density at radius 1 is 1.30 bits per heavy atom. The Kier molecular flexibility index (Phi) is 4.33. The average Bonchev–Trinajstić information content (AvgIpc) is 3.00. The summed E-state index contributed by atoms with van der Waals surface area (Å²) in [6.07, 6.45) is 4.72. The number of hydrogen-bond donors (Lipinski definition) is 1. The zero-order chi connectivity index (χ0) is 16.6. The molecule has 1 unspecified atom stereocenters. The van der Waals surface area contributed by atoms with Crippen LogP contribution in [0.5, 0.6) is 0 Å². The first kappa shape index (κ1) is 16.3. The number of fused-ring (bicyclic) bond motifs is 1. The van der Waals surface area contributed by atoms with Crippen LogP contribution in [-0.4, -0.2) is 51.2 Å². The molecule has 1 atom stereocenters. The van der Waals surface area contributed by atoms with Crippen molar-refractivity contribution in [3.8, 4) is 0 Å². The highest BCUT2D eigenvalue weighted by Gasteiger charge is 2.30. The Morgan fingerprint density at radius 3 is 2.78 bits per heavy atom. The molecule has 1 aromatic rings. The van der Waals surface area contributed by atoms with Crippen LogP contribution in [0.1, 0.15) is 35.2 Å². The standard InChI is InChI=1S/C16H23N3O3S/c1-23(21,22)19-9-2-4-12-10-13(6-7-15(12)19)16(20)18-8-3-5-14(18)11-17/h6-7,10,14H,2-5,8-9,11,17H2,1H3. The van der Waals surface area contributed by atoms with Crippen LogP contribution in [0.15, 0.2) is 18.2 Å². The van der Waals surface area contributed by atoms with Gasteiger partial charge < -0.3 is 10.6 Å². The summed E-state index contributed by atoms with van der Waals surface area (Å²) >= 11 is 0. The van der Waals surface area contributed by atoms with Gasteiger partial charge in [0.1, 0.15) is 0 Å². The largest absolute Gasteiger partial charge is 0.334 e. The smallest absolute Gasteiger partial charge is 0.254 e. The Labute approximate surface area is 137 Å².